The van der Waals surface area contributed by atoms with Gasteiger partial charge in [0.25, 0.3) is 0 Å². The van der Waals surface area contributed by atoms with Crippen LogP contribution in [-0.4, -0.2) is 51.6 Å². The molecule has 6 nitrogen and oxygen atoms in total. The molecule has 0 aliphatic carbocycles. The minimum absolute atomic E-state index is 0.137. The van der Waals surface area contributed by atoms with Gasteiger partial charge in [-0.25, -0.2) is 0 Å². The van der Waals surface area contributed by atoms with E-state index >= 15 is 0 Å². The fraction of sp³-hybridized carbons (Fsp3) is 0.923. The number of ether oxygens (including phenoxy) is 4. The molecule has 0 aliphatic rings. The zero-order valence-electron chi connectivity index (χ0n) is 21.0. The number of rotatable bonds is 25. The summed E-state index contributed by atoms with van der Waals surface area (Å²) in [6, 6.07) is 0. The van der Waals surface area contributed by atoms with Gasteiger partial charge in [-0.05, 0) is 12.8 Å². The van der Waals surface area contributed by atoms with Crippen LogP contribution in [0.1, 0.15) is 117 Å². The van der Waals surface area contributed by atoms with Crippen molar-refractivity contribution >= 4 is 11.9 Å². The first-order chi connectivity index (χ1) is 15.7. The van der Waals surface area contributed by atoms with Gasteiger partial charge >= 0.3 is 11.9 Å². The molecule has 0 atom stereocenters. The minimum atomic E-state index is -0.187. The highest BCUT2D eigenvalue weighted by molar-refractivity contribution is 5.69. The molecule has 0 amide bonds. The Hall–Kier alpha value is -1.14. The highest BCUT2D eigenvalue weighted by Gasteiger charge is 2.03. The summed E-state index contributed by atoms with van der Waals surface area (Å²) in [6.07, 6.45) is 18.6. The van der Waals surface area contributed by atoms with E-state index in [1.807, 2.05) is 6.92 Å². The van der Waals surface area contributed by atoms with E-state index in [0.29, 0.717) is 39.3 Å². The molecule has 190 valence electrons. The van der Waals surface area contributed by atoms with E-state index < -0.39 is 0 Å². The average molecular weight is 459 g/mol. The van der Waals surface area contributed by atoms with Crippen molar-refractivity contribution in [2.75, 3.05) is 39.6 Å². The number of carbonyl (C=O) groups is 2. The van der Waals surface area contributed by atoms with E-state index in [1.54, 1.807) is 0 Å². The van der Waals surface area contributed by atoms with Crippen LogP contribution in [0.4, 0.5) is 0 Å². The molecule has 32 heavy (non-hydrogen) atoms. The summed E-state index contributed by atoms with van der Waals surface area (Å²) in [5.41, 5.74) is 0. The molecule has 0 heterocycles. The van der Waals surface area contributed by atoms with Gasteiger partial charge in [0.1, 0.15) is 13.2 Å². The van der Waals surface area contributed by atoms with Crippen LogP contribution in [0.2, 0.25) is 0 Å². The molecule has 6 heteroatoms. The summed E-state index contributed by atoms with van der Waals surface area (Å²) < 4.78 is 20.8. The van der Waals surface area contributed by atoms with Crippen LogP contribution in [0, 0.1) is 0 Å². The minimum Gasteiger partial charge on any atom is -0.463 e. The number of hydrogen-bond donors (Lipinski definition) is 0. The third kappa shape index (κ3) is 25.1. The van der Waals surface area contributed by atoms with Crippen molar-refractivity contribution in [1.29, 1.82) is 0 Å². The van der Waals surface area contributed by atoms with Gasteiger partial charge in [-0.2, -0.15) is 0 Å². The van der Waals surface area contributed by atoms with Gasteiger partial charge in [-0.1, -0.05) is 90.9 Å². The second-order valence-electron chi connectivity index (χ2n) is 8.41. The number of hydrogen-bond acceptors (Lipinski definition) is 6. The fourth-order valence-electron chi connectivity index (χ4n) is 3.39. The predicted molar refractivity (Wildman–Crippen MR) is 129 cm³/mol. The molecule has 0 saturated heterocycles. The van der Waals surface area contributed by atoms with Gasteiger partial charge in [-0.15, -0.1) is 0 Å². The molecule has 0 rings (SSSR count). The largest absolute Gasteiger partial charge is 0.463 e. The van der Waals surface area contributed by atoms with Crippen molar-refractivity contribution in [3.63, 3.8) is 0 Å². The first kappa shape index (κ1) is 30.9. The average Bonchev–Trinajstić information content (AvgIpc) is 2.78. The molecule has 0 radical (unpaired) electrons. The second-order valence-corrected chi connectivity index (χ2v) is 8.41. The van der Waals surface area contributed by atoms with E-state index in [9.17, 15) is 9.59 Å². The molecular weight excluding hydrogens is 408 g/mol. The van der Waals surface area contributed by atoms with Crippen molar-refractivity contribution in [2.45, 2.75) is 117 Å². The normalized spacial score (nSPS) is 10.9. The zero-order chi connectivity index (χ0) is 23.5. The molecule has 0 aromatic carbocycles. The maximum absolute atomic E-state index is 11.7. The lowest BCUT2D eigenvalue weighted by Crippen LogP contribution is -2.14. The van der Waals surface area contributed by atoms with Crippen molar-refractivity contribution < 1.29 is 28.5 Å². The van der Waals surface area contributed by atoms with Gasteiger partial charge in [0.15, 0.2) is 0 Å². The van der Waals surface area contributed by atoms with Gasteiger partial charge in [0.05, 0.1) is 26.4 Å². The van der Waals surface area contributed by atoms with Gasteiger partial charge in [0.2, 0.25) is 0 Å². The fourth-order valence-corrected chi connectivity index (χ4v) is 3.39. The summed E-state index contributed by atoms with van der Waals surface area (Å²) in [4.78, 5) is 22.9. The van der Waals surface area contributed by atoms with E-state index in [1.165, 1.54) is 70.6 Å². The molecule has 0 unspecified atom stereocenters. The molecular formula is C26H50O6. The van der Waals surface area contributed by atoms with E-state index in [-0.39, 0.29) is 25.2 Å². The Balaban J connectivity index is 3.19. The Labute approximate surface area is 197 Å². The van der Waals surface area contributed by atoms with Crippen LogP contribution in [0.3, 0.4) is 0 Å². The van der Waals surface area contributed by atoms with Crippen molar-refractivity contribution in [3.8, 4) is 0 Å². The third-order valence-electron chi connectivity index (χ3n) is 5.29. The van der Waals surface area contributed by atoms with Gasteiger partial charge in [0, 0.05) is 12.8 Å². The van der Waals surface area contributed by atoms with E-state index in [0.717, 1.165) is 19.3 Å². The number of esters is 2. The topological polar surface area (TPSA) is 71.1 Å². The van der Waals surface area contributed by atoms with E-state index in [2.05, 4.69) is 6.92 Å². The van der Waals surface area contributed by atoms with Gasteiger partial charge in [-0.3, -0.25) is 9.59 Å². The maximum atomic E-state index is 11.7. The van der Waals surface area contributed by atoms with Crippen LogP contribution in [0.25, 0.3) is 0 Å². The Bertz CT molecular complexity index is 413. The summed E-state index contributed by atoms with van der Waals surface area (Å²) in [6.45, 7) is 6.36. The second kappa shape index (κ2) is 26.1. The monoisotopic (exact) mass is 458 g/mol. The van der Waals surface area contributed by atoms with E-state index in [4.69, 9.17) is 18.9 Å². The van der Waals surface area contributed by atoms with Crippen LogP contribution in [0.5, 0.6) is 0 Å². The van der Waals surface area contributed by atoms with Crippen molar-refractivity contribution in [2.24, 2.45) is 0 Å². The summed E-state index contributed by atoms with van der Waals surface area (Å²) in [7, 11) is 0. The number of carbonyl (C=O) groups excluding carboxylic acids is 2. The van der Waals surface area contributed by atoms with Crippen LogP contribution >= 0.6 is 0 Å². The molecule has 0 fully saturated rings. The summed E-state index contributed by atoms with van der Waals surface area (Å²) in [5.74, 6) is -0.324. The summed E-state index contributed by atoms with van der Waals surface area (Å²) in [5, 5.41) is 0. The Morgan fingerprint density at radius 2 is 0.812 bits per heavy atom. The van der Waals surface area contributed by atoms with Crippen LogP contribution in [-0.2, 0) is 28.5 Å². The molecule has 0 spiro atoms. The molecule has 0 saturated carbocycles. The Morgan fingerprint density at radius 1 is 0.438 bits per heavy atom. The molecule has 0 aromatic heterocycles. The molecule has 0 N–H and O–H groups in total. The standard InChI is InChI=1S/C26H50O6/c1-3-5-6-7-8-9-10-11-12-13-14-15-16-18-26(28)32-24-22-30-20-19-29-21-23-31-25(27)17-4-2/h3-24H2,1-2H3. The quantitative estimate of drug-likeness (QED) is 0.117. The van der Waals surface area contributed by atoms with Crippen LogP contribution < -0.4 is 0 Å². The third-order valence-corrected chi connectivity index (χ3v) is 5.29. The highest BCUT2D eigenvalue weighted by atomic mass is 16.6. The lowest BCUT2D eigenvalue weighted by molar-refractivity contribution is -0.147. The number of unbranched alkanes of at least 4 members (excludes halogenated alkanes) is 12. The Kier molecular flexibility index (Phi) is 25.2. The predicted octanol–water partition coefficient (Wildman–Crippen LogP) is 6.39. The lowest BCUT2D eigenvalue weighted by atomic mass is 10.0. The van der Waals surface area contributed by atoms with Crippen molar-refractivity contribution in [3.05, 3.63) is 0 Å². The SMILES string of the molecule is CCCCCCCCCCCCCCCC(=O)OCCOCCOCCOC(=O)CCC. The zero-order valence-corrected chi connectivity index (χ0v) is 21.0. The lowest BCUT2D eigenvalue weighted by Gasteiger charge is -2.07. The Morgan fingerprint density at radius 3 is 1.25 bits per heavy atom. The van der Waals surface area contributed by atoms with Gasteiger partial charge < -0.3 is 18.9 Å². The molecule has 0 aliphatic heterocycles. The highest BCUT2D eigenvalue weighted by Crippen LogP contribution is 2.13. The first-order valence-electron chi connectivity index (χ1n) is 13.2. The summed E-state index contributed by atoms with van der Waals surface area (Å²) >= 11 is 0. The first-order valence-corrected chi connectivity index (χ1v) is 13.2. The maximum Gasteiger partial charge on any atom is 0.305 e. The van der Waals surface area contributed by atoms with Crippen LogP contribution in [0.15, 0.2) is 0 Å². The smallest absolute Gasteiger partial charge is 0.305 e. The molecule has 0 bridgehead atoms. The van der Waals surface area contributed by atoms with Crippen molar-refractivity contribution in [1.82, 2.24) is 0 Å². The molecule has 0 aromatic rings.